The number of benzene rings is 1. The lowest BCUT2D eigenvalue weighted by molar-refractivity contribution is -0.0523. The van der Waals surface area contributed by atoms with Gasteiger partial charge in [0.1, 0.15) is 16.4 Å². The maximum atomic E-state index is 13.2. The first-order valence-corrected chi connectivity index (χ1v) is 9.50. The SMILES string of the molecule is Cn1cc(S(=O)(=O)NC2(C)COC2)cc1C(=O)Nc1ccc(F)c(Cl)c1. The first-order chi connectivity index (χ1) is 12.1. The topological polar surface area (TPSA) is 89.4 Å². The van der Waals surface area contributed by atoms with Crippen LogP contribution in [-0.2, 0) is 21.8 Å². The molecule has 0 saturated carbocycles. The number of amides is 1. The zero-order valence-electron chi connectivity index (χ0n) is 14.0. The number of nitrogens with one attached hydrogen (secondary N) is 2. The summed E-state index contributed by atoms with van der Waals surface area (Å²) >= 11 is 5.69. The van der Waals surface area contributed by atoms with Crippen molar-refractivity contribution in [1.29, 1.82) is 0 Å². The molecule has 1 saturated heterocycles. The molecule has 1 aliphatic rings. The van der Waals surface area contributed by atoms with Gasteiger partial charge < -0.3 is 14.6 Å². The van der Waals surface area contributed by atoms with Crippen LogP contribution in [0, 0.1) is 5.82 Å². The minimum Gasteiger partial charge on any atom is -0.377 e. The molecule has 0 spiro atoms. The summed E-state index contributed by atoms with van der Waals surface area (Å²) in [6.07, 6.45) is 1.35. The van der Waals surface area contributed by atoms with Crippen molar-refractivity contribution >= 4 is 33.2 Å². The van der Waals surface area contributed by atoms with E-state index in [1.54, 1.807) is 14.0 Å². The van der Waals surface area contributed by atoms with Crippen molar-refractivity contribution in [3.8, 4) is 0 Å². The van der Waals surface area contributed by atoms with Crippen LogP contribution in [0.25, 0.3) is 0 Å². The second-order valence-electron chi connectivity index (χ2n) is 6.41. The molecule has 1 aromatic carbocycles. The predicted molar refractivity (Wildman–Crippen MR) is 94.3 cm³/mol. The average Bonchev–Trinajstić information content (AvgIpc) is 2.92. The number of carbonyl (C=O) groups excluding carboxylic acids is 1. The van der Waals surface area contributed by atoms with E-state index in [9.17, 15) is 17.6 Å². The van der Waals surface area contributed by atoms with Gasteiger partial charge in [-0.05, 0) is 31.2 Å². The lowest BCUT2D eigenvalue weighted by Crippen LogP contribution is -2.59. The molecule has 0 atom stereocenters. The summed E-state index contributed by atoms with van der Waals surface area (Å²) in [4.78, 5) is 12.4. The minimum absolute atomic E-state index is 0.0320. The molecule has 26 heavy (non-hydrogen) atoms. The molecule has 3 rings (SSSR count). The van der Waals surface area contributed by atoms with Crippen molar-refractivity contribution in [3.05, 3.63) is 47.0 Å². The monoisotopic (exact) mass is 401 g/mol. The third-order valence-corrected chi connectivity index (χ3v) is 5.82. The number of hydrogen-bond acceptors (Lipinski definition) is 4. The molecule has 0 aliphatic carbocycles. The van der Waals surface area contributed by atoms with E-state index in [0.29, 0.717) is 5.69 Å². The number of aryl methyl sites for hydroxylation is 1. The van der Waals surface area contributed by atoms with Crippen molar-refractivity contribution in [3.63, 3.8) is 0 Å². The minimum atomic E-state index is -3.80. The van der Waals surface area contributed by atoms with Crippen LogP contribution >= 0.6 is 11.6 Å². The fourth-order valence-corrected chi connectivity index (χ4v) is 4.16. The van der Waals surface area contributed by atoms with Gasteiger partial charge in [0.2, 0.25) is 10.0 Å². The molecule has 2 N–H and O–H groups in total. The Labute approximate surface area is 155 Å². The number of hydrogen-bond donors (Lipinski definition) is 2. The Balaban J connectivity index is 1.80. The Morgan fingerprint density at radius 3 is 2.62 bits per heavy atom. The van der Waals surface area contributed by atoms with Gasteiger partial charge in [0.05, 0.1) is 23.8 Å². The molecule has 10 heteroatoms. The van der Waals surface area contributed by atoms with Crippen molar-refractivity contribution < 1.29 is 22.3 Å². The quantitative estimate of drug-likeness (QED) is 0.803. The van der Waals surface area contributed by atoms with Crippen LogP contribution in [0.15, 0.2) is 35.4 Å². The maximum Gasteiger partial charge on any atom is 0.272 e. The molecular weight excluding hydrogens is 385 g/mol. The highest BCUT2D eigenvalue weighted by molar-refractivity contribution is 7.89. The first kappa shape index (κ1) is 18.8. The van der Waals surface area contributed by atoms with Crippen LogP contribution in [0.3, 0.4) is 0 Å². The second kappa shape index (κ2) is 6.66. The van der Waals surface area contributed by atoms with Gasteiger partial charge in [-0.3, -0.25) is 4.79 Å². The lowest BCUT2D eigenvalue weighted by atomic mass is 10.0. The van der Waals surface area contributed by atoms with Crippen molar-refractivity contribution in [2.45, 2.75) is 17.4 Å². The average molecular weight is 402 g/mol. The lowest BCUT2D eigenvalue weighted by Gasteiger charge is -2.38. The number of nitrogens with zero attached hydrogens (tertiary/aromatic N) is 1. The normalized spacial score (nSPS) is 16.2. The number of halogens is 2. The van der Waals surface area contributed by atoms with Crippen molar-refractivity contribution in [2.24, 2.45) is 7.05 Å². The zero-order valence-corrected chi connectivity index (χ0v) is 15.6. The van der Waals surface area contributed by atoms with Gasteiger partial charge in [0, 0.05) is 18.9 Å². The standard InChI is InChI=1S/C16H17ClFN3O4S/c1-16(8-25-9-16)20-26(23,24)11-6-14(21(2)7-11)15(22)19-10-3-4-13(18)12(17)5-10/h3-7,20H,8-9H2,1-2H3,(H,19,22). The van der Waals surface area contributed by atoms with E-state index in [4.69, 9.17) is 16.3 Å². The third-order valence-electron chi connectivity index (χ3n) is 3.92. The summed E-state index contributed by atoms with van der Waals surface area (Å²) < 4.78 is 47.2. The zero-order chi connectivity index (χ0) is 19.1. The number of ether oxygens (including phenoxy) is 1. The van der Waals surface area contributed by atoms with Crippen LogP contribution in [0.1, 0.15) is 17.4 Å². The van der Waals surface area contributed by atoms with Gasteiger partial charge in [-0.1, -0.05) is 11.6 Å². The van der Waals surface area contributed by atoms with Crippen molar-refractivity contribution in [2.75, 3.05) is 18.5 Å². The smallest absolute Gasteiger partial charge is 0.272 e. The van der Waals surface area contributed by atoms with E-state index in [1.165, 1.54) is 29.0 Å². The summed E-state index contributed by atoms with van der Waals surface area (Å²) in [6, 6.07) is 5.03. The Hall–Kier alpha value is -1.94. The molecule has 1 aromatic heterocycles. The molecule has 0 radical (unpaired) electrons. The predicted octanol–water partition coefficient (Wildman–Crippen LogP) is 2.14. The van der Waals surface area contributed by atoms with E-state index >= 15 is 0 Å². The van der Waals surface area contributed by atoms with Gasteiger partial charge >= 0.3 is 0 Å². The maximum absolute atomic E-state index is 13.2. The van der Waals surface area contributed by atoms with Gasteiger partial charge in [0.15, 0.2) is 0 Å². The Morgan fingerprint density at radius 1 is 1.35 bits per heavy atom. The van der Waals surface area contributed by atoms with Gasteiger partial charge in [-0.2, -0.15) is 0 Å². The van der Waals surface area contributed by atoms with Crippen LogP contribution in [0.4, 0.5) is 10.1 Å². The molecular formula is C16H17ClFN3O4S. The number of aromatic nitrogens is 1. The number of anilines is 1. The first-order valence-electron chi connectivity index (χ1n) is 7.64. The fourth-order valence-electron chi connectivity index (χ4n) is 2.53. The van der Waals surface area contributed by atoms with Crippen LogP contribution in [-0.4, -0.2) is 37.6 Å². The van der Waals surface area contributed by atoms with E-state index in [-0.39, 0.29) is 28.8 Å². The van der Waals surface area contributed by atoms with Gasteiger partial charge in [-0.15, -0.1) is 0 Å². The summed E-state index contributed by atoms with van der Waals surface area (Å²) in [5.74, 6) is -1.15. The molecule has 0 bridgehead atoms. The fraction of sp³-hybridized carbons (Fsp3) is 0.312. The summed E-state index contributed by atoms with van der Waals surface area (Å²) in [5, 5.41) is 2.43. The third kappa shape index (κ3) is 3.75. The van der Waals surface area contributed by atoms with E-state index in [2.05, 4.69) is 10.0 Å². The molecule has 2 aromatic rings. The van der Waals surface area contributed by atoms with E-state index in [1.807, 2.05) is 0 Å². The Morgan fingerprint density at radius 2 is 2.04 bits per heavy atom. The van der Waals surface area contributed by atoms with Crippen LogP contribution in [0.2, 0.25) is 5.02 Å². The summed E-state index contributed by atoms with van der Waals surface area (Å²) in [7, 11) is -2.25. The van der Waals surface area contributed by atoms with Gasteiger partial charge in [0.25, 0.3) is 5.91 Å². The second-order valence-corrected chi connectivity index (χ2v) is 8.50. The van der Waals surface area contributed by atoms with Gasteiger partial charge in [-0.25, -0.2) is 17.5 Å². The highest BCUT2D eigenvalue weighted by Crippen LogP contribution is 2.23. The highest BCUT2D eigenvalue weighted by Gasteiger charge is 2.38. The highest BCUT2D eigenvalue weighted by atomic mass is 35.5. The van der Waals surface area contributed by atoms with E-state index < -0.39 is 27.3 Å². The number of carbonyl (C=O) groups is 1. The molecule has 1 amide bonds. The number of sulfonamides is 1. The van der Waals surface area contributed by atoms with Crippen LogP contribution in [0.5, 0.6) is 0 Å². The molecule has 0 unspecified atom stereocenters. The Bertz CT molecular complexity index is 970. The van der Waals surface area contributed by atoms with E-state index in [0.717, 1.165) is 6.07 Å². The summed E-state index contributed by atoms with van der Waals surface area (Å²) in [5.41, 5.74) is -0.229. The molecule has 2 heterocycles. The largest absolute Gasteiger partial charge is 0.377 e. The number of rotatable bonds is 5. The molecule has 7 nitrogen and oxygen atoms in total. The Kier molecular flexibility index (Phi) is 4.82. The van der Waals surface area contributed by atoms with Crippen molar-refractivity contribution in [1.82, 2.24) is 9.29 Å². The summed E-state index contributed by atoms with van der Waals surface area (Å²) in [6.45, 7) is 2.32. The molecule has 1 aliphatic heterocycles. The van der Waals surface area contributed by atoms with Crippen LogP contribution < -0.4 is 10.0 Å². The molecule has 1 fully saturated rings. The molecule has 140 valence electrons.